The van der Waals surface area contributed by atoms with E-state index in [1.54, 1.807) is 24.4 Å². The highest BCUT2D eigenvalue weighted by atomic mass is 19.1. The third kappa shape index (κ3) is 6.10. The molecule has 1 aliphatic rings. The van der Waals surface area contributed by atoms with Crippen molar-refractivity contribution in [3.05, 3.63) is 83.6 Å². The highest BCUT2D eigenvalue weighted by Gasteiger charge is 2.14. The third-order valence-electron chi connectivity index (χ3n) is 4.99. The van der Waals surface area contributed by atoms with E-state index in [0.717, 1.165) is 47.5 Å². The standard InChI is InChI=1S/C24H24FN3O3/c25-20-11-9-19(10-12-20)21-16-26-22(27-21)15-18-6-4-17(5-7-18)8-13-23(29)28-31-24-3-1-2-14-30-24/h4-13,16,24H,1-3,14-15H2,(H,26,27)(H,28,29). The third-order valence-corrected chi connectivity index (χ3v) is 4.99. The number of aromatic amines is 1. The first kappa shape index (κ1) is 21.0. The Morgan fingerprint density at radius 2 is 2.00 bits per heavy atom. The fraction of sp³-hybridized carbons (Fsp3) is 0.250. The molecule has 31 heavy (non-hydrogen) atoms. The molecular formula is C24H24FN3O3. The quantitative estimate of drug-likeness (QED) is 0.438. The normalized spacial score (nSPS) is 16.5. The molecule has 1 unspecified atom stereocenters. The highest BCUT2D eigenvalue weighted by molar-refractivity contribution is 5.90. The van der Waals surface area contributed by atoms with Crippen LogP contribution in [0.15, 0.2) is 60.8 Å². The van der Waals surface area contributed by atoms with Crippen LogP contribution in [-0.2, 0) is 20.8 Å². The number of ether oxygens (including phenoxy) is 1. The van der Waals surface area contributed by atoms with Crippen molar-refractivity contribution in [2.24, 2.45) is 0 Å². The Kier molecular flexibility index (Phi) is 6.86. The van der Waals surface area contributed by atoms with Gasteiger partial charge in [-0.1, -0.05) is 24.3 Å². The summed E-state index contributed by atoms with van der Waals surface area (Å²) in [6, 6.07) is 14.2. The van der Waals surface area contributed by atoms with Crippen LogP contribution >= 0.6 is 0 Å². The smallest absolute Gasteiger partial charge is 0.267 e. The molecule has 0 radical (unpaired) electrons. The van der Waals surface area contributed by atoms with Gasteiger partial charge in [0, 0.05) is 25.5 Å². The van der Waals surface area contributed by atoms with Gasteiger partial charge >= 0.3 is 0 Å². The lowest BCUT2D eigenvalue weighted by atomic mass is 10.1. The Balaban J connectivity index is 1.28. The van der Waals surface area contributed by atoms with Crippen LogP contribution in [0.2, 0.25) is 0 Å². The van der Waals surface area contributed by atoms with Crippen molar-refractivity contribution in [3.8, 4) is 11.3 Å². The van der Waals surface area contributed by atoms with E-state index in [2.05, 4.69) is 15.4 Å². The van der Waals surface area contributed by atoms with Crippen molar-refractivity contribution < 1.29 is 18.8 Å². The SMILES string of the molecule is O=C(C=Cc1ccc(Cc2ncc(-c3ccc(F)cc3)[nH]2)cc1)NOC1CCCCO1. The van der Waals surface area contributed by atoms with Crippen LogP contribution in [0.4, 0.5) is 4.39 Å². The maximum atomic E-state index is 13.1. The number of hydrogen-bond donors (Lipinski definition) is 2. The van der Waals surface area contributed by atoms with Gasteiger partial charge in [0.05, 0.1) is 11.9 Å². The summed E-state index contributed by atoms with van der Waals surface area (Å²) in [6.07, 6.45) is 8.03. The number of halogens is 1. The molecule has 1 saturated heterocycles. The number of benzene rings is 2. The van der Waals surface area contributed by atoms with Crippen molar-refractivity contribution in [2.75, 3.05) is 6.61 Å². The number of nitrogens with one attached hydrogen (secondary N) is 2. The number of imidazole rings is 1. The second-order valence-corrected chi connectivity index (χ2v) is 7.38. The summed E-state index contributed by atoms with van der Waals surface area (Å²) in [6.45, 7) is 0.661. The number of hydrogen-bond acceptors (Lipinski definition) is 4. The Morgan fingerprint density at radius 3 is 2.74 bits per heavy atom. The molecule has 4 rings (SSSR count). The maximum Gasteiger partial charge on any atom is 0.267 e. The van der Waals surface area contributed by atoms with Gasteiger partial charge in [0.1, 0.15) is 11.6 Å². The lowest BCUT2D eigenvalue weighted by Gasteiger charge is -2.21. The summed E-state index contributed by atoms with van der Waals surface area (Å²) in [5.74, 6) is 0.229. The molecule has 3 aromatic rings. The molecule has 1 aliphatic heterocycles. The Hall–Kier alpha value is -3.29. The van der Waals surface area contributed by atoms with E-state index >= 15 is 0 Å². The first-order valence-electron chi connectivity index (χ1n) is 10.3. The average Bonchev–Trinajstić information content (AvgIpc) is 3.27. The zero-order valence-electron chi connectivity index (χ0n) is 17.0. The summed E-state index contributed by atoms with van der Waals surface area (Å²) >= 11 is 0. The highest BCUT2D eigenvalue weighted by Crippen LogP contribution is 2.19. The van der Waals surface area contributed by atoms with Gasteiger partial charge in [-0.3, -0.25) is 4.79 Å². The summed E-state index contributed by atoms with van der Waals surface area (Å²) in [5.41, 5.74) is 6.12. The number of hydroxylamine groups is 1. The Labute approximate surface area is 180 Å². The molecule has 1 amide bonds. The van der Waals surface area contributed by atoms with Gasteiger partial charge < -0.3 is 9.72 Å². The molecular weight excluding hydrogens is 397 g/mol. The van der Waals surface area contributed by atoms with Gasteiger partial charge in [-0.25, -0.2) is 19.7 Å². The van der Waals surface area contributed by atoms with Gasteiger partial charge in [-0.2, -0.15) is 0 Å². The lowest BCUT2D eigenvalue weighted by molar-refractivity contribution is -0.198. The minimum atomic E-state index is -0.365. The van der Waals surface area contributed by atoms with Crippen LogP contribution in [0, 0.1) is 5.82 Å². The number of nitrogens with zero attached hydrogens (tertiary/aromatic N) is 1. The van der Waals surface area contributed by atoms with E-state index in [1.807, 2.05) is 24.3 Å². The van der Waals surface area contributed by atoms with Crippen LogP contribution in [0.1, 0.15) is 36.2 Å². The van der Waals surface area contributed by atoms with E-state index in [0.29, 0.717) is 13.0 Å². The topological polar surface area (TPSA) is 76.2 Å². The molecule has 1 fully saturated rings. The van der Waals surface area contributed by atoms with Gasteiger partial charge in [0.15, 0.2) is 6.29 Å². The molecule has 6 nitrogen and oxygen atoms in total. The molecule has 7 heteroatoms. The molecule has 2 aromatic carbocycles. The molecule has 0 aliphatic carbocycles. The fourth-order valence-electron chi connectivity index (χ4n) is 3.30. The summed E-state index contributed by atoms with van der Waals surface area (Å²) < 4.78 is 18.5. The van der Waals surface area contributed by atoms with Crippen LogP contribution in [0.3, 0.4) is 0 Å². The number of rotatable bonds is 7. The van der Waals surface area contributed by atoms with Crippen molar-refractivity contribution in [2.45, 2.75) is 32.0 Å². The van der Waals surface area contributed by atoms with Crippen LogP contribution < -0.4 is 5.48 Å². The van der Waals surface area contributed by atoms with Crippen LogP contribution in [0.25, 0.3) is 17.3 Å². The van der Waals surface area contributed by atoms with Crippen molar-refractivity contribution >= 4 is 12.0 Å². The van der Waals surface area contributed by atoms with E-state index < -0.39 is 0 Å². The number of aromatic nitrogens is 2. The predicted octanol–water partition coefficient (Wildman–Crippen LogP) is 4.39. The van der Waals surface area contributed by atoms with Crippen LogP contribution in [-0.4, -0.2) is 28.8 Å². The molecule has 0 saturated carbocycles. The molecule has 1 aromatic heterocycles. The largest absolute Gasteiger partial charge is 0.350 e. The van der Waals surface area contributed by atoms with Gasteiger partial charge in [0.2, 0.25) is 0 Å². The van der Waals surface area contributed by atoms with Crippen LogP contribution in [0.5, 0.6) is 0 Å². The second-order valence-electron chi connectivity index (χ2n) is 7.38. The monoisotopic (exact) mass is 421 g/mol. The number of carbonyl (C=O) groups excluding carboxylic acids is 1. The first-order chi connectivity index (χ1) is 15.2. The summed E-state index contributed by atoms with van der Waals surface area (Å²) in [4.78, 5) is 24.8. The summed E-state index contributed by atoms with van der Waals surface area (Å²) in [7, 11) is 0. The van der Waals surface area contributed by atoms with E-state index in [4.69, 9.17) is 9.57 Å². The number of carbonyl (C=O) groups is 1. The van der Waals surface area contributed by atoms with Crippen molar-refractivity contribution in [1.82, 2.24) is 15.4 Å². The van der Waals surface area contributed by atoms with Crippen molar-refractivity contribution in [3.63, 3.8) is 0 Å². The molecule has 2 heterocycles. The predicted molar refractivity (Wildman–Crippen MR) is 115 cm³/mol. The van der Waals surface area contributed by atoms with Crippen molar-refractivity contribution in [1.29, 1.82) is 0 Å². The minimum Gasteiger partial charge on any atom is -0.350 e. The second kappa shape index (κ2) is 10.1. The van der Waals surface area contributed by atoms with E-state index in [1.165, 1.54) is 18.2 Å². The fourth-order valence-corrected chi connectivity index (χ4v) is 3.30. The number of H-pyrrole nitrogens is 1. The maximum absolute atomic E-state index is 13.1. The average molecular weight is 421 g/mol. The molecule has 2 N–H and O–H groups in total. The lowest BCUT2D eigenvalue weighted by Crippen LogP contribution is -2.32. The van der Waals surface area contributed by atoms with Gasteiger partial charge in [-0.15, -0.1) is 0 Å². The van der Waals surface area contributed by atoms with Gasteiger partial charge in [0.25, 0.3) is 5.91 Å². The zero-order valence-corrected chi connectivity index (χ0v) is 17.0. The number of amides is 1. The molecule has 1 atom stereocenters. The molecule has 160 valence electrons. The van der Waals surface area contributed by atoms with Gasteiger partial charge in [-0.05, 0) is 59.9 Å². The Bertz CT molecular complexity index is 1020. The molecule has 0 spiro atoms. The first-order valence-corrected chi connectivity index (χ1v) is 10.3. The van der Waals surface area contributed by atoms with E-state index in [9.17, 15) is 9.18 Å². The molecule has 0 bridgehead atoms. The van der Waals surface area contributed by atoms with E-state index in [-0.39, 0.29) is 18.0 Å². The Morgan fingerprint density at radius 1 is 1.19 bits per heavy atom. The minimum absolute atomic E-state index is 0.263. The zero-order chi connectivity index (χ0) is 21.5. The summed E-state index contributed by atoms with van der Waals surface area (Å²) in [5, 5.41) is 0.